The van der Waals surface area contributed by atoms with Gasteiger partial charge in [-0.3, -0.25) is 9.59 Å². The zero-order chi connectivity index (χ0) is 21.3. The van der Waals surface area contributed by atoms with E-state index in [0.29, 0.717) is 21.7 Å². The van der Waals surface area contributed by atoms with E-state index in [1.165, 1.54) is 0 Å². The second-order valence-electron chi connectivity index (χ2n) is 6.55. The van der Waals surface area contributed by atoms with E-state index in [1.54, 1.807) is 48.5 Å². The molecule has 1 amide bonds. The molecule has 1 atom stereocenters. The van der Waals surface area contributed by atoms with Gasteiger partial charge in [0.15, 0.2) is 0 Å². The number of rotatable bonds is 7. The van der Waals surface area contributed by atoms with Crippen LogP contribution in [0.5, 0.6) is 0 Å². The highest BCUT2D eigenvalue weighted by molar-refractivity contribution is 6.33. The number of esters is 1. The van der Waals surface area contributed by atoms with Gasteiger partial charge in [0, 0.05) is 5.56 Å². The van der Waals surface area contributed by atoms with Crippen LogP contribution in [0.4, 0.5) is 0 Å². The van der Waals surface area contributed by atoms with Crippen LogP contribution in [0.15, 0.2) is 78.9 Å². The van der Waals surface area contributed by atoms with Gasteiger partial charge in [0.2, 0.25) is 0 Å². The van der Waals surface area contributed by atoms with Crippen molar-refractivity contribution in [1.29, 1.82) is 5.26 Å². The number of nitrogens with one attached hydrogen (secondary N) is 1. The Kier molecular flexibility index (Phi) is 7.20. The number of amides is 1. The van der Waals surface area contributed by atoms with E-state index in [-0.39, 0.29) is 18.9 Å². The predicted octanol–water partition coefficient (Wildman–Crippen LogP) is 4.82. The quantitative estimate of drug-likeness (QED) is 0.558. The molecule has 0 saturated heterocycles. The Hall–Kier alpha value is -3.62. The van der Waals surface area contributed by atoms with E-state index >= 15 is 0 Å². The van der Waals surface area contributed by atoms with Gasteiger partial charge in [0.05, 0.1) is 34.7 Å². The summed E-state index contributed by atoms with van der Waals surface area (Å²) in [6, 6.07) is 24.3. The summed E-state index contributed by atoms with van der Waals surface area (Å²) >= 11 is 6.12. The third-order valence-corrected chi connectivity index (χ3v) is 4.85. The topological polar surface area (TPSA) is 79.2 Å². The summed E-state index contributed by atoms with van der Waals surface area (Å²) in [6.45, 7) is -0.0114. The van der Waals surface area contributed by atoms with Crippen LogP contribution in [0, 0.1) is 11.3 Å². The Morgan fingerprint density at radius 2 is 1.63 bits per heavy atom. The number of carbonyl (C=O) groups excluding carboxylic acids is 2. The smallest absolute Gasteiger partial charge is 0.308 e. The molecule has 3 rings (SSSR count). The first kappa shape index (κ1) is 21.1. The fourth-order valence-corrected chi connectivity index (χ4v) is 3.18. The van der Waals surface area contributed by atoms with Crippen molar-refractivity contribution < 1.29 is 14.3 Å². The summed E-state index contributed by atoms with van der Waals surface area (Å²) in [5.41, 5.74) is 2.19. The van der Waals surface area contributed by atoms with Gasteiger partial charge < -0.3 is 10.1 Å². The Labute approximate surface area is 179 Å². The van der Waals surface area contributed by atoms with E-state index in [1.807, 2.05) is 30.3 Å². The molecule has 5 nitrogen and oxygen atoms in total. The molecule has 0 bridgehead atoms. The fourth-order valence-electron chi connectivity index (χ4n) is 2.96. The van der Waals surface area contributed by atoms with Gasteiger partial charge >= 0.3 is 5.97 Å². The molecule has 0 unspecified atom stereocenters. The van der Waals surface area contributed by atoms with Crippen molar-refractivity contribution in [3.63, 3.8) is 0 Å². The van der Waals surface area contributed by atoms with E-state index in [9.17, 15) is 9.59 Å². The van der Waals surface area contributed by atoms with Crippen molar-refractivity contribution in [3.05, 3.63) is 106 Å². The van der Waals surface area contributed by atoms with Gasteiger partial charge in [-0.15, -0.1) is 0 Å². The Morgan fingerprint density at radius 1 is 0.967 bits per heavy atom. The molecular formula is C24H19ClN2O3. The summed E-state index contributed by atoms with van der Waals surface area (Å²) in [5.74, 6) is -0.867. The van der Waals surface area contributed by atoms with Crippen LogP contribution in [0.3, 0.4) is 0 Å². The SMILES string of the molecule is N#Cc1ccccc1COC(=O)C[C@@H](NC(=O)c1ccccc1Cl)c1ccccc1. The molecule has 0 saturated carbocycles. The van der Waals surface area contributed by atoms with Gasteiger partial charge in [-0.2, -0.15) is 5.26 Å². The van der Waals surface area contributed by atoms with E-state index in [4.69, 9.17) is 21.6 Å². The minimum atomic E-state index is -0.589. The van der Waals surface area contributed by atoms with Gasteiger partial charge in [0.1, 0.15) is 6.61 Å². The molecule has 0 radical (unpaired) electrons. The lowest BCUT2D eigenvalue weighted by Crippen LogP contribution is -2.30. The Morgan fingerprint density at radius 3 is 2.37 bits per heavy atom. The molecule has 0 aliphatic heterocycles. The fraction of sp³-hybridized carbons (Fsp3) is 0.125. The van der Waals surface area contributed by atoms with Crippen LogP contribution in [0.1, 0.15) is 39.5 Å². The lowest BCUT2D eigenvalue weighted by Gasteiger charge is -2.19. The average molecular weight is 419 g/mol. The molecule has 150 valence electrons. The lowest BCUT2D eigenvalue weighted by atomic mass is 10.0. The zero-order valence-corrected chi connectivity index (χ0v) is 16.8. The van der Waals surface area contributed by atoms with Crippen LogP contribution in [-0.2, 0) is 16.1 Å². The lowest BCUT2D eigenvalue weighted by molar-refractivity contribution is -0.145. The van der Waals surface area contributed by atoms with Gasteiger partial charge in [0.25, 0.3) is 5.91 Å². The highest BCUT2D eigenvalue weighted by atomic mass is 35.5. The van der Waals surface area contributed by atoms with E-state index < -0.39 is 12.0 Å². The Bertz CT molecular complexity index is 1080. The molecule has 30 heavy (non-hydrogen) atoms. The average Bonchev–Trinajstić information content (AvgIpc) is 2.78. The summed E-state index contributed by atoms with van der Waals surface area (Å²) in [7, 11) is 0. The highest BCUT2D eigenvalue weighted by Crippen LogP contribution is 2.21. The van der Waals surface area contributed by atoms with Crippen LogP contribution in [0.2, 0.25) is 5.02 Å². The first-order chi connectivity index (χ1) is 14.6. The zero-order valence-electron chi connectivity index (χ0n) is 16.0. The second-order valence-corrected chi connectivity index (χ2v) is 6.96. The largest absolute Gasteiger partial charge is 0.461 e. The van der Waals surface area contributed by atoms with Gasteiger partial charge in [-0.1, -0.05) is 72.3 Å². The molecule has 0 aromatic heterocycles. The molecular weight excluding hydrogens is 400 g/mol. The van der Waals surface area contributed by atoms with E-state index in [2.05, 4.69) is 11.4 Å². The summed E-state index contributed by atoms with van der Waals surface area (Å²) in [4.78, 5) is 25.2. The minimum absolute atomic E-state index is 0.0114. The molecule has 0 aliphatic rings. The van der Waals surface area contributed by atoms with Crippen molar-refractivity contribution in [2.75, 3.05) is 0 Å². The standard InChI is InChI=1S/C24H19ClN2O3/c25-21-13-7-6-12-20(21)24(29)27-22(17-8-2-1-3-9-17)14-23(28)30-16-19-11-5-4-10-18(19)15-26/h1-13,22H,14,16H2,(H,27,29)/t22-/m1/s1. The summed E-state index contributed by atoms with van der Waals surface area (Å²) < 4.78 is 5.37. The molecule has 0 fully saturated rings. The first-order valence-corrected chi connectivity index (χ1v) is 9.70. The monoisotopic (exact) mass is 418 g/mol. The van der Waals surface area contributed by atoms with Crippen molar-refractivity contribution >= 4 is 23.5 Å². The maximum absolute atomic E-state index is 12.7. The number of nitrogens with zero attached hydrogens (tertiary/aromatic N) is 1. The number of hydrogen-bond acceptors (Lipinski definition) is 4. The first-order valence-electron chi connectivity index (χ1n) is 9.32. The third kappa shape index (κ3) is 5.47. The van der Waals surface area contributed by atoms with Crippen LogP contribution in [-0.4, -0.2) is 11.9 Å². The van der Waals surface area contributed by atoms with Crippen LogP contribution < -0.4 is 5.32 Å². The van der Waals surface area contributed by atoms with E-state index in [0.717, 1.165) is 5.56 Å². The molecule has 0 aliphatic carbocycles. The molecule has 6 heteroatoms. The minimum Gasteiger partial charge on any atom is -0.461 e. The summed E-state index contributed by atoms with van der Waals surface area (Å²) in [6.07, 6.45) is -0.0606. The number of ether oxygens (including phenoxy) is 1. The molecule has 3 aromatic rings. The number of carbonyl (C=O) groups is 2. The molecule has 0 spiro atoms. The molecule has 1 N–H and O–H groups in total. The number of halogens is 1. The van der Waals surface area contributed by atoms with Gasteiger partial charge in [-0.05, 0) is 23.8 Å². The normalized spacial score (nSPS) is 11.2. The van der Waals surface area contributed by atoms with Gasteiger partial charge in [-0.25, -0.2) is 0 Å². The van der Waals surface area contributed by atoms with Crippen LogP contribution >= 0.6 is 11.6 Å². The maximum atomic E-state index is 12.7. The van der Waals surface area contributed by atoms with Crippen LogP contribution in [0.25, 0.3) is 0 Å². The predicted molar refractivity (Wildman–Crippen MR) is 114 cm³/mol. The number of nitriles is 1. The second kappa shape index (κ2) is 10.2. The highest BCUT2D eigenvalue weighted by Gasteiger charge is 2.21. The maximum Gasteiger partial charge on any atom is 0.308 e. The van der Waals surface area contributed by atoms with Crippen molar-refractivity contribution in [1.82, 2.24) is 5.32 Å². The Balaban J connectivity index is 1.71. The number of hydrogen-bond donors (Lipinski definition) is 1. The van der Waals surface area contributed by atoms with Crippen molar-refractivity contribution in [2.24, 2.45) is 0 Å². The molecule has 3 aromatic carbocycles. The summed E-state index contributed by atoms with van der Waals surface area (Å²) in [5, 5.41) is 12.4. The van der Waals surface area contributed by atoms with Crippen molar-refractivity contribution in [2.45, 2.75) is 19.1 Å². The number of benzene rings is 3. The third-order valence-electron chi connectivity index (χ3n) is 4.52. The molecule has 0 heterocycles. The van der Waals surface area contributed by atoms with Crippen molar-refractivity contribution in [3.8, 4) is 6.07 Å².